The molecule has 0 amide bonds. The Morgan fingerprint density at radius 1 is 1.50 bits per heavy atom. The van der Waals surface area contributed by atoms with Crippen LogP contribution in [0, 0.1) is 12.7 Å². The van der Waals surface area contributed by atoms with Gasteiger partial charge in [0, 0.05) is 6.04 Å². The van der Waals surface area contributed by atoms with Crippen molar-refractivity contribution in [3.63, 3.8) is 0 Å². The molecule has 0 fully saturated rings. The lowest BCUT2D eigenvalue weighted by Gasteiger charge is -2.11. The molecule has 0 aliphatic heterocycles. The first-order valence-electron chi connectivity index (χ1n) is 4.39. The van der Waals surface area contributed by atoms with Crippen molar-refractivity contribution in [1.29, 1.82) is 0 Å². The number of hydrogen-bond acceptors (Lipinski definition) is 3. The molecule has 1 aromatic carbocycles. The van der Waals surface area contributed by atoms with E-state index in [0.29, 0.717) is 11.1 Å². The number of aryl methyl sites for hydroxylation is 1. The smallest absolute Gasteiger partial charge is 0.124 e. The Morgan fingerprint density at radius 3 is 2.71 bits per heavy atom. The van der Waals surface area contributed by atoms with Crippen LogP contribution in [0.3, 0.4) is 0 Å². The minimum absolute atomic E-state index is 0.0512. The SMILES string of the molecule is Cc1cc(F)cc(CC(N)CO)c1O. The van der Waals surface area contributed by atoms with Gasteiger partial charge in [0.15, 0.2) is 0 Å². The van der Waals surface area contributed by atoms with Gasteiger partial charge in [-0.1, -0.05) is 0 Å². The summed E-state index contributed by atoms with van der Waals surface area (Å²) in [6.45, 7) is 1.43. The van der Waals surface area contributed by atoms with Crippen molar-refractivity contribution in [3.05, 3.63) is 29.1 Å². The van der Waals surface area contributed by atoms with Gasteiger partial charge in [-0.15, -0.1) is 0 Å². The highest BCUT2D eigenvalue weighted by atomic mass is 19.1. The Balaban J connectivity index is 2.96. The second kappa shape index (κ2) is 4.39. The number of phenols is 1. The van der Waals surface area contributed by atoms with Crippen LogP contribution in [0.15, 0.2) is 12.1 Å². The molecule has 0 bridgehead atoms. The third-order valence-corrected chi connectivity index (χ3v) is 2.06. The van der Waals surface area contributed by atoms with Crippen LogP contribution >= 0.6 is 0 Å². The number of aromatic hydroxyl groups is 1. The molecule has 3 nitrogen and oxygen atoms in total. The summed E-state index contributed by atoms with van der Waals surface area (Å²) in [5.41, 5.74) is 6.40. The first kappa shape index (κ1) is 10.9. The summed E-state index contributed by atoms with van der Waals surface area (Å²) in [5.74, 6) is -0.351. The summed E-state index contributed by atoms with van der Waals surface area (Å²) in [4.78, 5) is 0. The van der Waals surface area contributed by atoms with Gasteiger partial charge in [-0.05, 0) is 36.6 Å². The van der Waals surface area contributed by atoms with Crippen molar-refractivity contribution < 1.29 is 14.6 Å². The number of hydrogen-bond donors (Lipinski definition) is 3. The second-order valence-corrected chi connectivity index (χ2v) is 3.38. The fourth-order valence-corrected chi connectivity index (χ4v) is 1.31. The van der Waals surface area contributed by atoms with E-state index < -0.39 is 11.9 Å². The second-order valence-electron chi connectivity index (χ2n) is 3.38. The first-order chi connectivity index (χ1) is 6.54. The monoisotopic (exact) mass is 199 g/mol. The van der Waals surface area contributed by atoms with Gasteiger partial charge in [0.1, 0.15) is 11.6 Å². The van der Waals surface area contributed by atoms with Crippen molar-refractivity contribution in [2.45, 2.75) is 19.4 Å². The Bertz CT molecular complexity index is 328. The summed E-state index contributed by atoms with van der Waals surface area (Å²) >= 11 is 0. The topological polar surface area (TPSA) is 66.5 Å². The van der Waals surface area contributed by atoms with E-state index in [1.807, 2.05) is 0 Å². The lowest BCUT2D eigenvalue weighted by atomic mass is 10.0. The van der Waals surface area contributed by atoms with E-state index in [1.165, 1.54) is 12.1 Å². The van der Waals surface area contributed by atoms with Crippen LogP contribution < -0.4 is 5.73 Å². The highest BCUT2D eigenvalue weighted by molar-refractivity contribution is 5.40. The molecule has 4 heteroatoms. The van der Waals surface area contributed by atoms with Crippen molar-refractivity contribution in [1.82, 2.24) is 0 Å². The van der Waals surface area contributed by atoms with Crippen molar-refractivity contribution in [3.8, 4) is 5.75 Å². The van der Waals surface area contributed by atoms with Crippen molar-refractivity contribution in [2.24, 2.45) is 5.73 Å². The molecule has 0 spiro atoms. The van der Waals surface area contributed by atoms with Gasteiger partial charge < -0.3 is 15.9 Å². The minimum atomic E-state index is -0.470. The van der Waals surface area contributed by atoms with E-state index in [4.69, 9.17) is 10.8 Å². The molecule has 1 aromatic rings. The molecule has 1 unspecified atom stereocenters. The number of benzene rings is 1. The van der Waals surface area contributed by atoms with Gasteiger partial charge in [-0.25, -0.2) is 4.39 Å². The molecule has 78 valence electrons. The maximum absolute atomic E-state index is 12.9. The Hall–Kier alpha value is -1.13. The van der Waals surface area contributed by atoms with Crippen LogP contribution in [0.2, 0.25) is 0 Å². The predicted octanol–water partition coefficient (Wildman–Crippen LogP) is 0.702. The van der Waals surface area contributed by atoms with Gasteiger partial charge in [0.25, 0.3) is 0 Å². The largest absolute Gasteiger partial charge is 0.507 e. The van der Waals surface area contributed by atoms with E-state index in [0.717, 1.165) is 0 Å². The Kier molecular flexibility index (Phi) is 3.43. The molecule has 0 aromatic heterocycles. The summed E-state index contributed by atoms with van der Waals surface area (Å²) < 4.78 is 12.9. The zero-order valence-corrected chi connectivity index (χ0v) is 8.00. The fraction of sp³-hybridized carbons (Fsp3) is 0.400. The van der Waals surface area contributed by atoms with E-state index in [2.05, 4.69) is 0 Å². The molecule has 0 radical (unpaired) electrons. The van der Waals surface area contributed by atoms with Gasteiger partial charge in [-0.3, -0.25) is 0 Å². The molecule has 4 N–H and O–H groups in total. The van der Waals surface area contributed by atoms with Crippen LogP contribution in [-0.4, -0.2) is 22.9 Å². The van der Waals surface area contributed by atoms with Crippen LogP contribution in [0.4, 0.5) is 4.39 Å². The van der Waals surface area contributed by atoms with Gasteiger partial charge >= 0.3 is 0 Å². The number of nitrogens with two attached hydrogens (primary N) is 1. The highest BCUT2D eigenvalue weighted by Crippen LogP contribution is 2.24. The van der Waals surface area contributed by atoms with E-state index in [-0.39, 0.29) is 18.8 Å². The molecular formula is C10H14FNO2. The third-order valence-electron chi connectivity index (χ3n) is 2.06. The molecule has 0 heterocycles. The average Bonchev–Trinajstić information content (AvgIpc) is 2.13. The zero-order valence-electron chi connectivity index (χ0n) is 8.00. The maximum atomic E-state index is 12.9. The van der Waals surface area contributed by atoms with Gasteiger partial charge in [0.05, 0.1) is 6.61 Å². The predicted molar refractivity (Wildman–Crippen MR) is 51.6 cm³/mol. The number of phenolic OH excluding ortho intramolecular Hbond substituents is 1. The number of halogens is 1. The Morgan fingerprint density at radius 2 is 2.14 bits per heavy atom. The summed E-state index contributed by atoms with van der Waals surface area (Å²) in [6, 6.07) is 2.02. The molecule has 14 heavy (non-hydrogen) atoms. The minimum Gasteiger partial charge on any atom is -0.507 e. The lowest BCUT2D eigenvalue weighted by molar-refractivity contribution is 0.264. The van der Waals surface area contributed by atoms with Crippen molar-refractivity contribution in [2.75, 3.05) is 6.61 Å². The number of rotatable bonds is 3. The Labute approximate surface area is 82.0 Å². The lowest BCUT2D eigenvalue weighted by Crippen LogP contribution is -2.26. The molecule has 1 rings (SSSR count). The molecular weight excluding hydrogens is 185 g/mol. The molecule has 0 aliphatic carbocycles. The van der Waals surface area contributed by atoms with Crippen LogP contribution in [0.25, 0.3) is 0 Å². The quantitative estimate of drug-likeness (QED) is 0.671. The van der Waals surface area contributed by atoms with Crippen LogP contribution in [0.1, 0.15) is 11.1 Å². The van der Waals surface area contributed by atoms with Crippen molar-refractivity contribution >= 4 is 0 Å². The normalized spacial score (nSPS) is 12.9. The summed E-state index contributed by atoms with van der Waals surface area (Å²) in [7, 11) is 0. The van der Waals surface area contributed by atoms with Gasteiger partial charge in [-0.2, -0.15) is 0 Å². The van der Waals surface area contributed by atoms with Crippen LogP contribution in [0.5, 0.6) is 5.75 Å². The molecule has 0 saturated carbocycles. The third kappa shape index (κ3) is 2.43. The standard InChI is InChI=1S/C10H14FNO2/c1-6-2-8(11)3-7(10(6)14)4-9(12)5-13/h2-3,9,13-14H,4-5,12H2,1H3. The molecule has 0 aliphatic rings. The van der Waals surface area contributed by atoms with E-state index >= 15 is 0 Å². The first-order valence-corrected chi connectivity index (χ1v) is 4.39. The summed E-state index contributed by atoms with van der Waals surface area (Å²) in [5, 5.41) is 18.3. The number of aliphatic hydroxyl groups is 1. The molecule has 0 saturated heterocycles. The van der Waals surface area contributed by atoms with E-state index in [1.54, 1.807) is 6.92 Å². The van der Waals surface area contributed by atoms with Crippen LogP contribution in [-0.2, 0) is 6.42 Å². The highest BCUT2D eigenvalue weighted by Gasteiger charge is 2.10. The fourth-order valence-electron chi connectivity index (χ4n) is 1.31. The van der Waals surface area contributed by atoms with Gasteiger partial charge in [0.2, 0.25) is 0 Å². The zero-order chi connectivity index (χ0) is 10.7. The molecule has 1 atom stereocenters. The number of aliphatic hydroxyl groups excluding tert-OH is 1. The summed E-state index contributed by atoms with van der Waals surface area (Å²) in [6.07, 6.45) is 0.265. The van der Waals surface area contributed by atoms with E-state index in [9.17, 15) is 9.50 Å². The average molecular weight is 199 g/mol. The maximum Gasteiger partial charge on any atom is 0.124 e.